The lowest BCUT2D eigenvalue weighted by Crippen LogP contribution is -2.11. The van der Waals surface area contributed by atoms with Gasteiger partial charge in [-0.1, -0.05) is 0 Å². The van der Waals surface area contributed by atoms with Gasteiger partial charge in [-0.2, -0.15) is 8.42 Å². The quantitative estimate of drug-likeness (QED) is 0.639. The zero-order chi connectivity index (χ0) is 13.1. The second kappa shape index (κ2) is 5.24. The average molecular weight is 262 g/mol. The number of hydrogen-bond donors (Lipinski definition) is 1. The second-order valence-corrected chi connectivity index (χ2v) is 4.88. The maximum absolute atomic E-state index is 12.9. The van der Waals surface area contributed by atoms with Crippen LogP contribution in [0.3, 0.4) is 0 Å². The summed E-state index contributed by atoms with van der Waals surface area (Å²) in [7, 11) is -2.90. The number of carbonyl (C=O) groups excluding carboxylic acids is 1. The molecule has 0 amide bonds. The van der Waals surface area contributed by atoms with Crippen LogP contribution in [0.2, 0.25) is 0 Å². The lowest BCUT2D eigenvalue weighted by molar-refractivity contribution is 0.0984. The maximum atomic E-state index is 12.9. The molecule has 0 heterocycles. The molecule has 0 aliphatic carbocycles. The molecule has 7 heteroatoms. The summed E-state index contributed by atoms with van der Waals surface area (Å²) in [4.78, 5) is 11.6. The SMILES string of the molecule is COc1ccc(F)cc1C(=O)CCS(=O)(=O)O. The Bertz CT molecular complexity index is 523. The molecule has 1 rings (SSSR count). The Labute approximate surface area is 98.0 Å². The Kier molecular flexibility index (Phi) is 4.19. The van der Waals surface area contributed by atoms with Crippen molar-refractivity contribution in [2.24, 2.45) is 0 Å². The molecule has 1 N–H and O–H groups in total. The van der Waals surface area contributed by atoms with Crippen molar-refractivity contribution in [1.82, 2.24) is 0 Å². The number of halogens is 1. The molecule has 0 fully saturated rings. The molecule has 1 aromatic carbocycles. The summed E-state index contributed by atoms with van der Waals surface area (Å²) < 4.78 is 47.3. The van der Waals surface area contributed by atoms with E-state index in [1.165, 1.54) is 13.2 Å². The smallest absolute Gasteiger partial charge is 0.265 e. The van der Waals surface area contributed by atoms with Gasteiger partial charge in [-0.05, 0) is 18.2 Å². The minimum atomic E-state index is -4.21. The molecule has 0 atom stereocenters. The molecule has 0 spiro atoms. The van der Waals surface area contributed by atoms with Crippen LogP contribution in [0, 0.1) is 5.82 Å². The molecule has 17 heavy (non-hydrogen) atoms. The van der Waals surface area contributed by atoms with Gasteiger partial charge < -0.3 is 4.74 Å². The van der Waals surface area contributed by atoms with Crippen molar-refractivity contribution in [2.45, 2.75) is 6.42 Å². The molecule has 0 saturated heterocycles. The summed E-state index contributed by atoms with van der Waals surface area (Å²) in [6.07, 6.45) is -0.432. The lowest BCUT2D eigenvalue weighted by atomic mass is 10.1. The van der Waals surface area contributed by atoms with E-state index >= 15 is 0 Å². The van der Waals surface area contributed by atoms with Gasteiger partial charge in [-0.15, -0.1) is 0 Å². The van der Waals surface area contributed by atoms with Crippen LogP contribution in [0.1, 0.15) is 16.8 Å². The number of carbonyl (C=O) groups is 1. The number of ketones is 1. The highest BCUT2D eigenvalue weighted by molar-refractivity contribution is 7.85. The Balaban J connectivity index is 2.92. The molecule has 0 radical (unpaired) electrons. The van der Waals surface area contributed by atoms with E-state index in [2.05, 4.69) is 0 Å². The average Bonchev–Trinajstić information content (AvgIpc) is 2.25. The monoisotopic (exact) mass is 262 g/mol. The lowest BCUT2D eigenvalue weighted by Gasteiger charge is -2.06. The summed E-state index contributed by atoms with van der Waals surface area (Å²) in [6.45, 7) is 0. The second-order valence-electron chi connectivity index (χ2n) is 3.30. The van der Waals surface area contributed by atoms with Gasteiger partial charge >= 0.3 is 0 Å². The van der Waals surface area contributed by atoms with Crippen LogP contribution in [0.15, 0.2) is 18.2 Å². The van der Waals surface area contributed by atoms with Crippen molar-refractivity contribution in [3.05, 3.63) is 29.6 Å². The van der Waals surface area contributed by atoms with E-state index in [1.807, 2.05) is 0 Å². The Morgan fingerprint density at radius 3 is 2.65 bits per heavy atom. The number of rotatable bonds is 5. The summed E-state index contributed by atoms with van der Waals surface area (Å²) >= 11 is 0. The predicted molar refractivity (Wildman–Crippen MR) is 58.3 cm³/mol. The van der Waals surface area contributed by atoms with Gasteiger partial charge in [-0.3, -0.25) is 9.35 Å². The van der Waals surface area contributed by atoms with E-state index in [9.17, 15) is 17.6 Å². The Morgan fingerprint density at radius 2 is 2.12 bits per heavy atom. The first-order chi connectivity index (χ1) is 7.83. The van der Waals surface area contributed by atoms with Gasteiger partial charge in [0, 0.05) is 6.42 Å². The maximum Gasteiger partial charge on any atom is 0.265 e. The third-order valence-corrected chi connectivity index (χ3v) is 2.77. The fourth-order valence-corrected chi connectivity index (χ4v) is 1.70. The van der Waals surface area contributed by atoms with Crippen LogP contribution >= 0.6 is 0 Å². The molecular formula is C10H11FO5S. The molecule has 5 nitrogen and oxygen atoms in total. The van der Waals surface area contributed by atoms with Gasteiger partial charge in [0.05, 0.1) is 18.4 Å². The number of hydrogen-bond acceptors (Lipinski definition) is 4. The van der Waals surface area contributed by atoms with Crippen LogP contribution in [0.5, 0.6) is 5.75 Å². The molecule has 0 unspecified atom stereocenters. The van der Waals surface area contributed by atoms with Gasteiger partial charge in [-0.25, -0.2) is 4.39 Å². The molecule has 94 valence electrons. The van der Waals surface area contributed by atoms with Crippen LogP contribution < -0.4 is 4.74 Å². The Hall–Kier alpha value is -1.47. The largest absolute Gasteiger partial charge is 0.496 e. The van der Waals surface area contributed by atoms with Crippen molar-refractivity contribution in [3.63, 3.8) is 0 Å². The van der Waals surface area contributed by atoms with Crippen LogP contribution in [0.25, 0.3) is 0 Å². The van der Waals surface area contributed by atoms with Crippen molar-refractivity contribution < 1.29 is 26.9 Å². The molecule has 0 saturated carbocycles. The first kappa shape index (κ1) is 13.6. The predicted octanol–water partition coefficient (Wildman–Crippen LogP) is 1.29. The van der Waals surface area contributed by atoms with E-state index in [0.717, 1.165) is 12.1 Å². The molecule has 0 aromatic heterocycles. The van der Waals surface area contributed by atoms with Crippen LogP contribution in [-0.4, -0.2) is 31.6 Å². The van der Waals surface area contributed by atoms with Crippen molar-refractivity contribution in [3.8, 4) is 5.75 Å². The molecule has 1 aromatic rings. The Morgan fingerprint density at radius 1 is 1.47 bits per heavy atom. The number of ether oxygens (including phenoxy) is 1. The summed E-state index contributed by atoms with van der Waals surface area (Å²) in [6, 6.07) is 3.36. The summed E-state index contributed by atoms with van der Waals surface area (Å²) in [5, 5.41) is 0. The van der Waals surface area contributed by atoms with Gasteiger partial charge in [0.1, 0.15) is 11.6 Å². The number of methoxy groups -OCH3 is 1. The van der Waals surface area contributed by atoms with E-state index in [-0.39, 0.29) is 11.3 Å². The zero-order valence-electron chi connectivity index (χ0n) is 9.01. The normalized spacial score (nSPS) is 11.2. The highest BCUT2D eigenvalue weighted by atomic mass is 32.2. The highest BCUT2D eigenvalue weighted by Crippen LogP contribution is 2.20. The van der Waals surface area contributed by atoms with Crippen LogP contribution in [-0.2, 0) is 10.1 Å². The van der Waals surface area contributed by atoms with E-state index in [4.69, 9.17) is 9.29 Å². The highest BCUT2D eigenvalue weighted by Gasteiger charge is 2.16. The van der Waals surface area contributed by atoms with Crippen molar-refractivity contribution in [1.29, 1.82) is 0 Å². The van der Waals surface area contributed by atoms with Gasteiger partial charge in [0.2, 0.25) is 0 Å². The standard InChI is InChI=1S/C10H11FO5S/c1-16-10-3-2-7(11)6-8(10)9(12)4-5-17(13,14)15/h2-3,6H,4-5H2,1H3,(H,13,14,15). The molecular weight excluding hydrogens is 251 g/mol. The third kappa shape index (κ3) is 4.12. The molecule has 0 bridgehead atoms. The first-order valence-electron chi connectivity index (χ1n) is 4.65. The van der Waals surface area contributed by atoms with Crippen molar-refractivity contribution >= 4 is 15.9 Å². The topological polar surface area (TPSA) is 80.7 Å². The first-order valence-corrected chi connectivity index (χ1v) is 6.26. The molecule has 0 aliphatic heterocycles. The van der Waals surface area contributed by atoms with Crippen molar-refractivity contribution in [2.75, 3.05) is 12.9 Å². The van der Waals surface area contributed by atoms with Gasteiger partial charge in [0.15, 0.2) is 5.78 Å². The number of Topliss-reactive ketones (excluding diaryl/α,β-unsaturated/α-hetero) is 1. The minimum absolute atomic E-state index is 0.0452. The van der Waals surface area contributed by atoms with E-state index in [1.54, 1.807) is 0 Å². The number of benzene rings is 1. The fraction of sp³-hybridized carbons (Fsp3) is 0.300. The minimum Gasteiger partial charge on any atom is -0.496 e. The third-order valence-electron chi connectivity index (χ3n) is 2.05. The molecule has 0 aliphatic rings. The fourth-order valence-electron chi connectivity index (χ4n) is 1.25. The van der Waals surface area contributed by atoms with Gasteiger partial charge in [0.25, 0.3) is 10.1 Å². The zero-order valence-corrected chi connectivity index (χ0v) is 9.83. The summed E-state index contributed by atoms with van der Waals surface area (Å²) in [5.74, 6) is -1.78. The van der Waals surface area contributed by atoms with E-state index in [0.29, 0.717) is 0 Å². The van der Waals surface area contributed by atoms with E-state index < -0.39 is 33.9 Å². The summed E-state index contributed by atoms with van der Waals surface area (Å²) in [5.41, 5.74) is -0.0452. The van der Waals surface area contributed by atoms with Crippen LogP contribution in [0.4, 0.5) is 4.39 Å².